The van der Waals surface area contributed by atoms with E-state index in [-0.39, 0.29) is 5.91 Å². The molecule has 0 atom stereocenters. The van der Waals surface area contributed by atoms with Gasteiger partial charge in [0.2, 0.25) is 0 Å². The largest absolute Gasteiger partial charge is 0.476 e. The van der Waals surface area contributed by atoms with Crippen LogP contribution in [0.5, 0.6) is 5.75 Å². The number of carbonyl (C=O) groups excluding carboxylic acids is 1. The SMILES string of the molecule is Cc1ccc(Cl)c(OC(C)(C)C(=O)NCCCn2ccnc2)c1. The third kappa shape index (κ3) is 4.99. The number of amides is 1. The first-order valence-corrected chi connectivity index (χ1v) is 7.95. The lowest BCUT2D eigenvalue weighted by atomic mass is 10.1. The standard InChI is InChI=1S/C17H22ClN3O2/c1-13-5-6-14(18)15(11-13)23-17(2,3)16(22)20-7-4-9-21-10-8-19-12-21/h5-6,8,10-12H,4,7,9H2,1-3H3,(H,20,22). The van der Waals surface area contributed by atoms with Gasteiger partial charge in [0.1, 0.15) is 5.75 Å². The summed E-state index contributed by atoms with van der Waals surface area (Å²) in [5, 5.41) is 3.40. The van der Waals surface area contributed by atoms with Crippen molar-refractivity contribution in [1.29, 1.82) is 0 Å². The molecule has 1 aromatic carbocycles. The van der Waals surface area contributed by atoms with Crippen molar-refractivity contribution in [2.75, 3.05) is 6.54 Å². The lowest BCUT2D eigenvalue weighted by molar-refractivity contribution is -0.134. The van der Waals surface area contributed by atoms with Gasteiger partial charge in [-0.2, -0.15) is 0 Å². The highest BCUT2D eigenvalue weighted by Crippen LogP contribution is 2.28. The second-order valence-corrected chi connectivity index (χ2v) is 6.36. The summed E-state index contributed by atoms with van der Waals surface area (Å²) in [6, 6.07) is 5.50. The number of nitrogens with zero attached hydrogens (tertiary/aromatic N) is 2. The molecule has 0 aliphatic heterocycles. The van der Waals surface area contributed by atoms with Crippen molar-refractivity contribution in [3.8, 4) is 5.75 Å². The molecule has 0 saturated heterocycles. The maximum atomic E-state index is 12.3. The summed E-state index contributed by atoms with van der Waals surface area (Å²) >= 11 is 6.13. The average Bonchev–Trinajstić information content (AvgIpc) is 3.00. The molecule has 23 heavy (non-hydrogen) atoms. The van der Waals surface area contributed by atoms with Crippen molar-refractivity contribution in [1.82, 2.24) is 14.9 Å². The average molecular weight is 336 g/mol. The van der Waals surface area contributed by atoms with Gasteiger partial charge in [-0.25, -0.2) is 4.98 Å². The molecule has 1 amide bonds. The first-order valence-electron chi connectivity index (χ1n) is 7.58. The Morgan fingerprint density at radius 3 is 2.91 bits per heavy atom. The Bertz CT molecular complexity index is 654. The molecule has 2 aromatic rings. The van der Waals surface area contributed by atoms with Crippen LogP contribution in [0.3, 0.4) is 0 Å². The fraction of sp³-hybridized carbons (Fsp3) is 0.412. The van der Waals surface area contributed by atoms with E-state index in [1.165, 1.54) is 0 Å². The van der Waals surface area contributed by atoms with Gasteiger partial charge in [0.25, 0.3) is 5.91 Å². The van der Waals surface area contributed by atoms with E-state index in [2.05, 4.69) is 10.3 Å². The van der Waals surface area contributed by atoms with Crippen LogP contribution in [0.4, 0.5) is 0 Å². The minimum atomic E-state index is -0.994. The van der Waals surface area contributed by atoms with Crippen LogP contribution in [0.25, 0.3) is 0 Å². The van der Waals surface area contributed by atoms with E-state index in [0.29, 0.717) is 17.3 Å². The molecule has 0 bridgehead atoms. The predicted octanol–water partition coefficient (Wildman–Crippen LogP) is 3.21. The number of rotatable bonds is 7. The Kier molecular flexibility index (Phi) is 5.66. The van der Waals surface area contributed by atoms with Crippen molar-refractivity contribution in [3.05, 3.63) is 47.5 Å². The number of hydrogen-bond acceptors (Lipinski definition) is 3. The van der Waals surface area contributed by atoms with Crippen LogP contribution in [-0.2, 0) is 11.3 Å². The fourth-order valence-corrected chi connectivity index (χ4v) is 2.26. The van der Waals surface area contributed by atoms with Crippen molar-refractivity contribution >= 4 is 17.5 Å². The fourth-order valence-electron chi connectivity index (χ4n) is 2.11. The normalized spacial score (nSPS) is 11.3. The third-order valence-corrected chi connectivity index (χ3v) is 3.75. The van der Waals surface area contributed by atoms with E-state index >= 15 is 0 Å². The number of ether oxygens (including phenoxy) is 1. The first-order chi connectivity index (χ1) is 10.9. The molecule has 1 N–H and O–H groups in total. The summed E-state index contributed by atoms with van der Waals surface area (Å²) in [6.45, 7) is 6.80. The molecule has 0 spiro atoms. The van der Waals surface area contributed by atoms with Gasteiger partial charge >= 0.3 is 0 Å². The second-order valence-electron chi connectivity index (χ2n) is 5.96. The van der Waals surface area contributed by atoms with Crippen LogP contribution in [0.1, 0.15) is 25.8 Å². The van der Waals surface area contributed by atoms with Crippen LogP contribution in [-0.4, -0.2) is 27.6 Å². The van der Waals surface area contributed by atoms with Gasteiger partial charge in [0, 0.05) is 25.5 Å². The molecule has 2 rings (SSSR count). The molecule has 0 aliphatic rings. The molecule has 0 unspecified atom stereocenters. The summed E-state index contributed by atoms with van der Waals surface area (Å²) in [4.78, 5) is 16.3. The lowest BCUT2D eigenvalue weighted by Gasteiger charge is -2.26. The number of hydrogen-bond donors (Lipinski definition) is 1. The monoisotopic (exact) mass is 335 g/mol. The van der Waals surface area contributed by atoms with Gasteiger partial charge in [0.05, 0.1) is 11.3 Å². The molecule has 1 aromatic heterocycles. The highest BCUT2D eigenvalue weighted by molar-refractivity contribution is 6.32. The summed E-state index contributed by atoms with van der Waals surface area (Å²) in [7, 11) is 0. The lowest BCUT2D eigenvalue weighted by Crippen LogP contribution is -2.47. The van der Waals surface area contributed by atoms with Crippen LogP contribution in [0.2, 0.25) is 5.02 Å². The number of aromatic nitrogens is 2. The molecule has 6 heteroatoms. The Morgan fingerprint density at radius 2 is 2.22 bits per heavy atom. The van der Waals surface area contributed by atoms with Crippen LogP contribution >= 0.6 is 11.6 Å². The van der Waals surface area contributed by atoms with E-state index in [9.17, 15) is 4.79 Å². The molecule has 124 valence electrons. The maximum Gasteiger partial charge on any atom is 0.263 e. The van der Waals surface area contributed by atoms with Gasteiger partial charge in [0.15, 0.2) is 5.60 Å². The zero-order valence-corrected chi connectivity index (χ0v) is 14.4. The number of halogens is 1. The minimum Gasteiger partial charge on any atom is -0.476 e. The molecule has 0 saturated carbocycles. The summed E-state index contributed by atoms with van der Waals surface area (Å²) < 4.78 is 7.79. The third-order valence-electron chi connectivity index (χ3n) is 3.44. The Labute approximate surface area is 141 Å². The maximum absolute atomic E-state index is 12.3. The van der Waals surface area contributed by atoms with Gasteiger partial charge < -0.3 is 14.6 Å². The number of imidazole rings is 1. The number of benzene rings is 1. The summed E-state index contributed by atoms with van der Waals surface area (Å²) in [5.41, 5.74) is 0.0350. The quantitative estimate of drug-likeness (QED) is 0.790. The van der Waals surface area contributed by atoms with Crippen LogP contribution in [0.15, 0.2) is 36.9 Å². The van der Waals surface area contributed by atoms with E-state index in [1.807, 2.05) is 29.8 Å². The van der Waals surface area contributed by atoms with E-state index in [1.54, 1.807) is 32.4 Å². The molecule has 0 fully saturated rings. The topological polar surface area (TPSA) is 56.1 Å². The van der Waals surface area contributed by atoms with Crippen LogP contribution < -0.4 is 10.1 Å². The van der Waals surface area contributed by atoms with Crippen LogP contribution in [0, 0.1) is 6.92 Å². The van der Waals surface area contributed by atoms with E-state index in [0.717, 1.165) is 18.5 Å². The van der Waals surface area contributed by atoms with Gasteiger partial charge in [-0.1, -0.05) is 17.7 Å². The number of carbonyl (C=O) groups is 1. The molecular weight excluding hydrogens is 314 g/mol. The minimum absolute atomic E-state index is 0.166. The Morgan fingerprint density at radius 1 is 1.43 bits per heavy atom. The van der Waals surface area contributed by atoms with E-state index < -0.39 is 5.60 Å². The van der Waals surface area contributed by atoms with Crippen molar-refractivity contribution in [3.63, 3.8) is 0 Å². The van der Waals surface area contributed by atoms with Crippen molar-refractivity contribution < 1.29 is 9.53 Å². The summed E-state index contributed by atoms with van der Waals surface area (Å²) in [5.74, 6) is 0.353. The van der Waals surface area contributed by atoms with Gasteiger partial charge in [-0.05, 0) is 44.9 Å². The first kappa shape index (κ1) is 17.3. The molecule has 0 radical (unpaired) electrons. The molecule has 1 heterocycles. The number of aryl methyl sites for hydroxylation is 2. The van der Waals surface area contributed by atoms with Crippen molar-refractivity contribution in [2.45, 2.75) is 39.3 Å². The molecule has 0 aliphatic carbocycles. The summed E-state index contributed by atoms with van der Waals surface area (Å²) in [6.07, 6.45) is 6.22. The zero-order chi connectivity index (χ0) is 16.9. The predicted molar refractivity (Wildman–Crippen MR) is 90.7 cm³/mol. The van der Waals surface area contributed by atoms with Crippen molar-refractivity contribution in [2.24, 2.45) is 0 Å². The molecular formula is C17H22ClN3O2. The molecule has 5 nitrogen and oxygen atoms in total. The zero-order valence-electron chi connectivity index (χ0n) is 13.7. The second kappa shape index (κ2) is 7.51. The highest BCUT2D eigenvalue weighted by atomic mass is 35.5. The van der Waals surface area contributed by atoms with Gasteiger partial charge in [-0.3, -0.25) is 4.79 Å². The highest BCUT2D eigenvalue weighted by Gasteiger charge is 2.30. The van der Waals surface area contributed by atoms with E-state index in [4.69, 9.17) is 16.3 Å². The Hall–Kier alpha value is -2.01. The number of nitrogens with one attached hydrogen (secondary N) is 1. The van der Waals surface area contributed by atoms with Gasteiger partial charge in [-0.15, -0.1) is 0 Å². The smallest absolute Gasteiger partial charge is 0.263 e. The Balaban J connectivity index is 1.85.